The molecule has 2 aromatic heterocycles. The number of hydrogen-bond acceptors (Lipinski definition) is 4. The number of hydrogen-bond donors (Lipinski definition) is 1. The number of carbonyl (C=O) groups is 1. The molecule has 0 unspecified atom stereocenters. The molecule has 5 rings (SSSR count). The lowest BCUT2D eigenvalue weighted by molar-refractivity contribution is -0.120. The van der Waals surface area contributed by atoms with Gasteiger partial charge < -0.3 is 14.2 Å². The molecule has 0 atom stereocenters. The van der Waals surface area contributed by atoms with E-state index in [0.29, 0.717) is 23.3 Å². The van der Waals surface area contributed by atoms with Gasteiger partial charge in [-0.2, -0.15) is 0 Å². The van der Waals surface area contributed by atoms with Crippen LogP contribution in [0, 0.1) is 13.8 Å². The zero-order valence-corrected chi connectivity index (χ0v) is 19.2. The highest BCUT2D eigenvalue weighted by molar-refractivity contribution is 6.03. The highest BCUT2D eigenvalue weighted by Crippen LogP contribution is 2.37. The number of furan rings is 1. The summed E-state index contributed by atoms with van der Waals surface area (Å²) in [7, 11) is 0. The molecule has 3 aromatic carbocycles. The van der Waals surface area contributed by atoms with Gasteiger partial charge >= 0.3 is 5.63 Å². The largest absolute Gasteiger partial charge is 0.461 e. The van der Waals surface area contributed by atoms with Crippen LogP contribution in [0.5, 0.6) is 0 Å². The summed E-state index contributed by atoms with van der Waals surface area (Å²) in [5, 5.41) is 4.66. The molecule has 0 spiro atoms. The highest BCUT2D eigenvalue weighted by atomic mass is 16.4. The summed E-state index contributed by atoms with van der Waals surface area (Å²) in [6, 6.07) is 23.8. The second kappa shape index (κ2) is 9.02. The lowest BCUT2D eigenvalue weighted by Gasteiger charge is -2.09. The number of carbonyl (C=O) groups excluding carboxylic acids is 1. The van der Waals surface area contributed by atoms with Crippen LogP contribution >= 0.6 is 0 Å². The molecule has 1 amide bonds. The molecule has 5 aromatic rings. The number of rotatable bonds is 6. The summed E-state index contributed by atoms with van der Waals surface area (Å²) < 4.78 is 11.6. The Kier molecular flexibility index (Phi) is 5.76. The van der Waals surface area contributed by atoms with Crippen molar-refractivity contribution in [1.82, 2.24) is 5.32 Å². The van der Waals surface area contributed by atoms with Gasteiger partial charge in [-0.25, -0.2) is 4.79 Å². The molecule has 0 saturated heterocycles. The van der Waals surface area contributed by atoms with E-state index < -0.39 is 5.63 Å². The molecule has 34 heavy (non-hydrogen) atoms. The molecule has 5 nitrogen and oxygen atoms in total. The third-order valence-electron chi connectivity index (χ3n) is 6.25. The molecule has 0 aliphatic carbocycles. The summed E-state index contributed by atoms with van der Waals surface area (Å²) in [5.74, 6) is 0.602. The topological polar surface area (TPSA) is 72.5 Å². The molecule has 170 valence electrons. The Morgan fingerprint density at radius 2 is 1.53 bits per heavy atom. The SMILES string of the molecule is Cc1oc2cc3oc(=O)c(CC(=O)NCCc4ccccc4)c(C)c3cc2c1-c1ccccc1. The first-order chi connectivity index (χ1) is 16.5. The van der Waals surface area contributed by atoms with E-state index in [1.165, 1.54) is 0 Å². The zero-order chi connectivity index (χ0) is 23.7. The van der Waals surface area contributed by atoms with Gasteiger partial charge in [-0.15, -0.1) is 0 Å². The maximum Gasteiger partial charge on any atom is 0.340 e. The van der Waals surface area contributed by atoms with Crippen LogP contribution in [-0.2, 0) is 17.6 Å². The summed E-state index contributed by atoms with van der Waals surface area (Å²) in [6.07, 6.45) is 0.713. The van der Waals surface area contributed by atoms with Gasteiger partial charge in [0.15, 0.2) is 0 Å². The van der Waals surface area contributed by atoms with Crippen molar-refractivity contribution in [1.29, 1.82) is 0 Å². The summed E-state index contributed by atoms with van der Waals surface area (Å²) in [6.45, 7) is 4.31. The van der Waals surface area contributed by atoms with Gasteiger partial charge in [0.25, 0.3) is 0 Å². The van der Waals surface area contributed by atoms with Gasteiger partial charge in [0.05, 0.1) is 12.0 Å². The predicted molar refractivity (Wildman–Crippen MR) is 134 cm³/mol. The highest BCUT2D eigenvalue weighted by Gasteiger charge is 2.19. The summed E-state index contributed by atoms with van der Waals surface area (Å²) in [4.78, 5) is 25.3. The number of fused-ring (bicyclic) bond motifs is 2. The van der Waals surface area contributed by atoms with Gasteiger partial charge in [0.1, 0.15) is 16.9 Å². The fourth-order valence-corrected chi connectivity index (χ4v) is 4.48. The molecule has 0 saturated carbocycles. The fraction of sp³-hybridized carbons (Fsp3) is 0.172. The van der Waals surface area contributed by atoms with Crippen molar-refractivity contribution in [3.05, 3.63) is 106 Å². The van der Waals surface area contributed by atoms with Crippen molar-refractivity contribution < 1.29 is 13.6 Å². The van der Waals surface area contributed by atoms with E-state index in [1.54, 1.807) is 6.07 Å². The molecule has 0 aliphatic rings. The van der Waals surface area contributed by atoms with Crippen LogP contribution in [0.2, 0.25) is 0 Å². The van der Waals surface area contributed by atoms with Crippen LogP contribution in [-0.4, -0.2) is 12.5 Å². The van der Waals surface area contributed by atoms with Crippen LogP contribution in [0.15, 0.2) is 86.4 Å². The van der Waals surface area contributed by atoms with Crippen molar-refractivity contribution in [3.8, 4) is 11.1 Å². The van der Waals surface area contributed by atoms with Crippen LogP contribution in [0.4, 0.5) is 0 Å². The lowest BCUT2D eigenvalue weighted by atomic mass is 9.98. The van der Waals surface area contributed by atoms with E-state index in [9.17, 15) is 9.59 Å². The molecule has 0 radical (unpaired) electrons. The average Bonchev–Trinajstić information content (AvgIpc) is 3.16. The minimum atomic E-state index is -0.492. The Hall–Kier alpha value is -4.12. The lowest BCUT2D eigenvalue weighted by Crippen LogP contribution is -2.29. The summed E-state index contributed by atoms with van der Waals surface area (Å²) in [5.41, 5.74) is 4.99. The standard InChI is InChI=1S/C29H25NO4/c1-18-22-15-24-26(33-19(2)28(24)21-11-7-4-8-12-21)17-25(22)34-29(32)23(18)16-27(31)30-14-13-20-9-5-3-6-10-20/h3-12,15,17H,13-14,16H2,1-2H3,(H,30,31). The third-order valence-corrected chi connectivity index (χ3v) is 6.25. The Morgan fingerprint density at radius 1 is 0.853 bits per heavy atom. The monoisotopic (exact) mass is 451 g/mol. The normalized spacial score (nSPS) is 11.2. The first kappa shape index (κ1) is 21.7. The molecule has 0 bridgehead atoms. The van der Waals surface area contributed by atoms with Crippen LogP contribution in [0.1, 0.15) is 22.5 Å². The Morgan fingerprint density at radius 3 is 2.26 bits per heavy atom. The third kappa shape index (κ3) is 4.13. The number of nitrogens with one attached hydrogen (secondary N) is 1. The molecule has 0 fully saturated rings. The van der Waals surface area contributed by atoms with E-state index in [0.717, 1.165) is 45.2 Å². The van der Waals surface area contributed by atoms with Crippen LogP contribution in [0.25, 0.3) is 33.1 Å². The van der Waals surface area contributed by atoms with E-state index in [4.69, 9.17) is 8.83 Å². The van der Waals surface area contributed by atoms with Crippen molar-refractivity contribution in [3.63, 3.8) is 0 Å². The second-order valence-corrected chi connectivity index (χ2v) is 8.50. The van der Waals surface area contributed by atoms with Gasteiger partial charge in [-0.05, 0) is 43.0 Å². The number of aryl methyl sites for hydroxylation is 2. The Bertz CT molecular complexity index is 1550. The Labute approximate surface area is 197 Å². The number of amides is 1. The van der Waals surface area contributed by atoms with Gasteiger partial charge in [0.2, 0.25) is 5.91 Å². The van der Waals surface area contributed by atoms with Crippen molar-refractivity contribution in [2.45, 2.75) is 26.7 Å². The van der Waals surface area contributed by atoms with E-state index >= 15 is 0 Å². The number of benzene rings is 3. The maximum atomic E-state index is 12.7. The summed E-state index contributed by atoms with van der Waals surface area (Å²) >= 11 is 0. The van der Waals surface area contributed by atoms with E-state index in [1.807, 2.05) is 80.6 Å². The average molecular weight is 452 g/mol. The molecule has 1 N–H and O–H groups in total. The van der Waals surface area contributed by atoms with E-state index in [2.05, 4.69) is 5.32 Å². The quantitative estimate of drug-likeness (QED) is 0.335. The van der Waals surface area contributed by atoms with Crippen molar-refractivity contribution in [2.24, 2.45) is 0 Å². The molecular weight excluding hydrogens is 426 g/mol. The minimum Gasteiger partial charge on any atom is -0.461 e. The maximum absolute atomic E-state index is 12.7. The molecule has 0 aliphatic heterocycles. The van der Waals surface area contributed by atoms with Gasteiger partial charge in [-0.1, -0.05) is 60.7 Å². The first-order valence-corrected chi connectivity index (χ1v) is 11.4. The van der Waals surface area contributed by atoms with Crippen LogP contribution < -0.4 is 10.9 Å². The molecular formula is C29H25NO4. The van der Waals surface area contributed by atoms with Gasteiger partial charge in [0, 0.05) is 28.9 Å². The predicted octanol–water partition coefficient (Wildman–Crippen LogP) is 5.72. The van der Waals surface area contributed by atoms with Crippen LogP contribution in [0.3, 0.4) is 0 Å². The minimum absolute atomic E-state index is 0.0209. The first-order valence-electron chi connectivity index (χ1n) is 11.4. The van der Waals surface area contributed by atoms with Gasteiger partial charge in [-0.3, -0.25) is 4.79 Å². The molecule has 2 heterocycles. The Balaban J connectivity index is 1.46. The zero-order valence-electron chi connectivity index (χ0n) is 19.2. The van der Waals surface area contributed by atoms with Crippen molar-refractivity contribution >= 4 is 27.8 Å². The second-order valence-electron chi connectivity index (χ2n) is 8.50. The fourth-order valence-electron chi connectivity index (χ4n) is 4.48. The van der Waals surface area contributed by atoms with E-state index in [-0.39, 0.29) is 12.3 Å². The molecule has 5 heteroatoms. The smallest absolute Gasteiger partial charge is 0.340 e. The van der Waals surface area contributed by atoms with Crippen molar-refractivity contribution in [2.75, 3.05) is 6.54 Å².